The molecule has 1 aromatic heterocycles. The van der Waals surface area contributed by atoms with Crippen molar-refractivity contribution in [1.29, 1.82) is 5.26 Å². The van der Waals surface area contributed by atoms with E-state index in [2.05, 4.69) is 15.3 Å². The van der Waals surface area contributed by atoms with Crippen molar-refractivity contribution in [2.75, 3.05) is 11.1 Å². The zero-order valence-electron chi connectivity index (χ0n) is 14.8. The third kappa shape index (κ3) is 5.04. The highest BCUT2D eigenvalue weighted by atomic mass is 32.2. The number of carbonyl (C=O) groups is 1. The number of alkyl halides is 3. The Kier molecular flexibility index (Phi) is 6.04. The Morgan fingerprint density at radius 2 is 1.89 bits per heavy atom. The van der Waals surface area contributed by atoms with Gasteiger partial charge in [0.2, 0.25) is 5.91 Å². The Balaban J connectivity index is 2.16. The van der Waals surface area contributed by atoms with Crippen molar-refractivity contribution in [3.8, 4) is 6.07 Å². The number of carbonyl (C=O) groups excluding carboxylic acids is 1. The molecule has 1 atom stereocenters. The van der Waals surface area contributed by atoms with Gasteiger partial charge in [0.1, 0.15) is 6.07 Å². The summed E-state index contributed by atoms with van der Waals surface area (Å²) < 4.78 is 63.5. The molecule has 1 unspecified atom stereocenters. The summed E-state index contributed by atoms with van der Waals surface area (Å²) in [6.45, 7) is 3.11. The topological polar surface area (TPSA) is 113 Å². The predicted octanol–water partition coefficient (Wildman–Crippen LogP) is 2.72. The van der Waals surface area contributed by atoms with Crippen LogP contribution in [-0.2, 0) is 20.8 Å². The van der Waals surface area contributed by atoms with Crippen LogP contribution >= 0.6 is 0 Å². The maximum atomic E-state index is 12.9. The van der Waals surface area contributed by atoms with Gasteiger partial charge in [0.15, 0.2) is 27.0 Å². The molecule has 0 saturated heterocycles. The average Bonchev–Trinajstić information content (AvgIpc) is 2.60. The number of benzene rings is 1. The molecule has 28 heavy (non-hydrogen) atoms. The average molecular weight is 412 g/mol. The van der Waals surface area contributed by atoms with Gasteiger partial charge in [-0.3, -0.25) is 4.79 Å². The highest BCUT2D eigenvalue weighted by Crippen LogP contribution is 2.30. The van der Waals surface area contributed by atoms with Gasteiger partial charge in [0.25, 0.3) is 0 Å². The molecule has 2 rings (SSSR count). The first-order valence-corrected chi connectivity index (χ1v) is 9.54. The molecular formula is C17H15F3N4O3S. The summed E-state index contributed by atoms with van der Waals surface area (Å²) in [5.74, 6) is -2.99. The summed E-state index contributed by atoms with van der Waals surface area (Å²) in [4.78, 5) is 18.8. The molecule has 148 valence electrons. The zero-order valence-corrected chi connectivity index (χ0v) is 15.6. The molecule has 1 amide bonds. The van der Waals surface area contributed by atoms with E-state index in [1.54, 1.807) is 19.1 Å². The molecule has 1 heterocycles. The van der Waals surface area contributed by atoms with E-state index in [-0.39, 0.29) is 4.90 Å². The first-order chi connectivity index (χ1) is 12.9. The van der Waals surface area contributed by atoms with Gasteiger partial charge in [0, 0.05) is 5.92 Å². The number of nitrogens with one attached hydrogen (secondary N) is 1. The Labute approximate surface area is 159 Å². The van der Waals surface area contributed by atoms with Crippen LogP contribution in [0.15, 0.2) is 35.4 Å². The van der Waals surface area contributed by atoms with Gasteiger partial charge < -0.3 is 5.32 Å². The van der Waals surface area contributed by atoms with Crippen LogP contribution < -0.4 is 5.32 Å². The number of amides is 1. The Bertz CT molecular complexity index is 1030. The van der Waals surface area contributed by atoms with Gasteiger partial charge in [-0.1, -0.05) is 24.6 Å². The summed E-state index contributed by atoms with van der Waals surface area (Å²) in [7, 11) is -3.78. The maximum Gasteiger partial charge on any atom is 0.436 e. The molecule has 0 spiro atoms. The molecule has 0 aliphatic heterocycles. The molecule has 0 fully saturated rings. The smallest absolute Gasteiger partial charge is 0.309 e. The number of nitriles is 1. The molecular weight excluding hydrogens is 397 g/mol. The van der Waals surface area contributed by atoms with Crippen LogP contribution in [0.25, 0.3) is 0 Å². The molecule has 1 N–H and O–H groups in total. The molecule has 2 aromatic rings. The van der Waals surface area contributed by atoms with Crippen LogP contribution in [0, 0.1) is 24.2 Å². The van der Waals surface area contributed by atoms with Crippen molar-refractivity contribution < 1.29 is 26.4 Å². The van der Waals surface area contributed by atoms with E-state index in [0.29, 0.717) is 0 Å². The van der Waals surface area contributed by atoms with Gasteiger partial charge in [-0.25, -0.2) is 18.4 Å². The van der Waals surface area contributed by atoms with Crippen LogP contribution in [0.3, 0.4) is 0 Å². The molecule has 0 aliphatic rings. The molecule has 11 heteroatoms. The van der Waals surface area contributed by atoms with Crippen molar-refractivity contribution >= 4 is 21.6 Å². The van der Waals surface area contributed by atoms with E-state index >= 15 is 0 Å². The number of aryl methyl sites for hydroxylation is 1. The summed E-state index contributed by atoms with van der Waals surface area (Å²) in [6, 6.07) is 7.33. The third-order valence-corrected chi connectivity index (χ3v) is 5.62. The summed E-state index contributed by atoms with van der Waals surface area (Å²) >= 11 is 0. The lowest BCUT2D eigenvalue weighted by Crippen LogP contribution is -2.28. The van der Waals surface area contributed by atoms with Gasteiger partial charge in [-0.2, -0.15) is 18.4 Å². The summed E-state index contributed by atoms with van der Waals surface area (Å²) in [5.41, 5.74) is -1.60. The molecule has 0 radical (unpaired) electrons. The quantitative estimate of drug-likeness (QED) is 0.808. The van der Waals surface area contributed by atoms with Crippen LogP contribution in [0.2, 0.25) is 0 Å². The highest BCUT2D eigenvalue weighted by molar-refractivity contribution is 7.91. The van der Waals surface area contributed by atoms with Gasteiger partial charge >= 0.3 is 6.18 Å². The van der Waals surface area contributed by atoms with E-state index in [4.69, 9.17) is 5.26 Å². The fraction of sp³-hybridized carbons (Fsp3) is 0.294. The number of sulfone groups is 1. The largest absolute Gasteiger partial charge is 0.436 e. The monoisotopic (exact) mass is 412 g/mol. The van der Waals surface area contributed by atoms with E-state index in [9.17, 15) is 26.4 Å². The summed E-state index contributed by atoms with van der Waals surface area (Å²) in [5, 5.41) is 10.8. The first-order valence-electron chi connectivity index (χ1n) is 7.88. The minimum atomic E-state index is -4.93. The van der Waals surface area contributed by atoms with Gasteiger partial charge in [-0.15, -0.1) is 0 Å². The van der Waals surface area contributed by atoms with Crippen molar-refractivity contribution in [3.05, 3.63) is 47.4 Å². The molecule has 0 saturated carbocycles. The molecule has 7 nitrogen and oxygen atoms in total. The van der Waals surface area contributed by atoms with Crippen molar-refractivity contribution in [2.24, 2.45) is 5.92 Å². The molecule has 0 aliphatic carbocycles. The fourth-order valence-corrected chi connectivity index (χ4v) is 3.78. The van der Waals surface area contributed by atoms with Crippen LogP contribution in [0.1, 0.15) is 23.9 Å². The maximum absolute atomic E-state index is 12.9. The number of aromatic nitrogens is 2. The van der Waals surface area contributed by atoms with Crippen molar-refractivity contribution in [3.63, 3.8) is 0 Å². The Morgan fingerprint density at radius 3 is 2.43 bits per heavy atom. The van der Waals surface area contributed by atoms with Crippen molar-refractivity contribution in [1.82, 2.24) is 9.97 Å². The van der Waals surface area contributed by atoms with Gasteiger partial charge in [0.05, 0.1) is 16.8 Å². The molecule has 1 aromatic carbocycles. The van der Waals surface area contributed by atoms with E-state index in [1.165, 1.54) is 25.1 Å². The predicted molar refractivity (Wildman–Crippen MR) is 92.8 cm³/mol. The second-order valence-corrected chi connectivity index (χ2v) is 8.08. The lowest BCUT2D eigenvalue weighted by atomic mass is 10.2. The Morgan fingerprint density at radius 1 is 1.29 bits per heavy atom. The second-order valence-electron chi connectivity index (χ2n) is 6.05. The Hall–Kier alpha value is -3.00. The number of anilines is 1. The van der Waals surface area contributed by atoms with Gasteiger partial charge in [-0.05, 0) is 19.1 Å². The number of hydrogen-bond donors (Lipinski definition) is 1. The normalized spacial score (nSPS) is 12.9. The minimum absolute atomic E-state index is 0.0373. The van der Waals surface area contributed by atoms with E-state index in [1.807, 2.05) is 0 Å². The van der Waals surface area contributed by atoms with E-state index in [0.717, 1.165) is 11.8 Å². The van der Waals surface area contributed by atoms with Crippen LogP contribution in [-0.4, -0.2) is 30.0 Å². The summed E-state index contributed by atoms with van der Waals surface area (Å²) in [6.07, 6.45) is -4.13. The van der Waals surface area contributed by atoms with Crippen LogP contribution in [0.5, 0.6) is 0 Å². The first kappa shape index (κ1) is 21.3. The highest BCUT2D eigenvalue weighted by Gasteiger charge is 2.37. The fourth-order valence-electron chi connectivity index (χ4n) is 2.22. The van der Waals surface area contributed by atoms with E-state index < -0.39 is 50.8 Å². The standard InChI is InChI=1S/C17H15F3N4O3S/c1-10-3-5-12(6-4-10)28(26,27)9-11(2)16(25)24-14-8-22-13(7-21)15(23-14)17(18,19)20/h3-6,8,11H,9H2,1-2H3,(H,23,24,25). The zero-order chi connectivity index (χ0) is 21.1. The second kappa shape index (κ2) is 7.93. The number of halogens is 3. The number of nitrogens with zero attached hydrogens (tertiary/aromatic N) is 3. The lowest BCUT2D eigenvalue weighted by Gasteiger charge is -2.14. The SMILES string of the molecule is Cc1ccc(S(=O)(=O)CC(C)C(=O)Nc2cnc(C#N)c(C(F)(F)F)n2)cc1. The lowest BCUT2D eigenvalue weighted by molar-refractivity contribution is -0.141. The molecule has 0 bridgehead atoms. The third-order valence-electron chi connectivity index (χ3n) is 3.70. The number of rotatable bonds is 5. The van der Waals surface area contributed by atoms with Crippen LogP contribution in [0.4, 0.5) is 19.0 Å². The number of hydrogen-bond acceptors (Lipinski definition) is 6. The van der Waals surface area contributed by atoms with Crippen molar-refractivity contribution in [2.45, 2.75) is 24.9 Å². The minimum Gasteiger partial charge on any atom is -0.309 e.